The van der Waals surface area contributed by atoms with Gasteiger partial charge in [0.1, 0.15) is 11.5 Å². The van der Waals surface area contributed by atoms with E-state index in [0.29, 0.717) is 29.5 Å². The number of aromatic nitrogens is 5. The number of carboxylic acids is 2. The lowest BCUT2D eigenvalue weighted by Crippen LogP contribution is -2.43. The number of halogens is 1. The van der Waals surface area contributed by atoms with Crippen molar-refractivity contribution in [2.24, 2.45) is 7.05 Å². The Bertz CT molecular complexity index is 1550. The summed E-state index contributed by atoms with van der Waals surface area (Å²) < 4.78 is 16.6. The lowest BCUT2D eigenvalue weighted by atomic mass is 10.0. The Labute approximate surface area is 235 Å². The van der Waals surface area contributed by atoms with Crippen molar-refractivity contribution >= 4 is 40.3 Å². The summed E-state index contributed by atoms with van der Waals surface area (Å²) in [6.45, 7) is 8.09. The summed E-state index contributed by atoms with van der Waals surface area (Å²) in [6, 6.07) is 9.61. The molecule has 5 rings (SSSR count). The highest BCUT2D eigenvalue weighted by Gasteiger charge is 2.16. The summed E-state index contributed by atoms with van der Waals surface area (Å²) in [6.07, 6.45) is 4.14. The number of benzene rings is 1. The van der Waals surface area contributed by atoms with Gasteiger partial charge in [-0.25, -0.2) is 28.9 Å². The number of hydrogen-bond acceptors (Lipinski definition) is 9. The van der Waals surface area contributed by atoms with Gasteiger partial charge in [-0.2, -0.15) is 5.10 Å². The first kappa shape index (κ1) is 29.1. The van der Waals surface area contributed by atoms with E-state index in [0.717, 1.165) is 48.5 Å². The van der Waals surface area contributed by atoms with Crippen LogP contribution >= 0.6 is 0 Å². The first-order chi connectivity index (χ1) is 19.6. The first-order valence-corrected chi connectivity index (χ1v) is 12.9. The Balaban J connectivity index is 0.000000426. The lowest BCUT2D eigenvalue weighted by molar-refractivity contribution is -0.134. The van der Waals surface area contributed by atoms with Crippen molar-refractivity contribution in [1.82, 2.24) is 30.0 Å². The number of aliphatic carboxylic acids is 2. The van der Waals surface area contributed by atoms with E-state index in [-0.39, 0.29) is 11.6 Å². The summed E-state index contributed by atoms with van der Waals surface area (Å²) in [5, 5.41) is 27.6. The number of rotatable bonds is 7. The Morgan fingerprint density at radius 3 is 2.37 bits per heavy atom. The number of nitrogens with zero attached hydrogens (tertiary/aromatic N) is 6. The summed E-state index contributed by atoms with van der Waals surface area (Å²) in [4.78, 5) is 34.5. The van der Waals surface area contributed by atoms with Crippen LogP contribution in [0.15, 0.2) is 54.9 Å². The normalized spacial score (nSPS) is 13.3. The fourth-order valence-corrected chi connectivity index (χ4v) is 4.51. The van der Waals surface area contributed by atoms with Gasteiger partial charge in [0, 0.05) is 62.0 Å². The minimum atomic E-state index is -1.26. The van der Waals surface area contributed by atoms with Gasteiger partial charge in [0.15, 0.2) is 5.82 Å². The molecule has 1 aliphatic heterocycles. The predicted octanol–water partition coefficient (Wildman–Crippen LogP) is 3.55. The van der Waals surface area contributed by atoms with Crippen LogP contribution < -0.4 is 15.5 Å². The zero-order valence-corrected chi connectivity index (χ0v) is 22.9. The number of fused-ring (bicyclic) bond motifs is 1. The molecule has 0 amide bonds. The minimum absolute atomic E-state index is 0.241. The molecule has 0 unspecified atom stereocenters. The molecule has 3 aromatic heterocycles. The third-order valence-corrected chi connectivity index (χ3v) is 6.28. The maximum atomic E-state index is 14.7. The molecule has 0 saturated carbocycles. The van der Waals surface area contributed by atoms with Gasteiger partial charge < -0.3 is 25.7 Å². The number of carboxylic acid groups (broad SMARTS) is 2. The standard InChI is InChI=1S/C24H27FN8.C4H4O4/c1-15(2)23-18-12-16(4-6-20(18)31-32(23)3)22-19(25)14-28-24(30-22)29-21-7-5-17(13-27-21)33-10-8-26-9-11-33;5-3(6)1-2-4(7)8/h4-7,12-15,26H,8-11H2,1-3H3,(H,27,28,29,30);1-2H,(H,5,6)(H,7,8)/b;2-1+. The van der Waals surface area contributed by atoms with Crippen molar-refractivity contribution < 1.29 is 24.2 Å². The average molecular weight is 563 g/mol. The molecule has 214 valence electrons. The molecule has 1 aromatic carbocycles. The molecule has 4 heterocycles. The van der Waals surface area contributed by atoms with E-state index in [2.05, 4.69) is 49.4 Å². The van der Waals surface area contributed by atoms with Crippen molar-refractivity contribution in [1.29, 1.82) is 0 Å². The average Bonchev–Trinajstić information content (AvgIpc) is 3.29. The van der Waals surface area contributed by atoms with E-state index in [4.69, 9.17) is 10.2 Å². The Hall–Kier alpha value is -4.91. The van der Waals surface area contributed by atoms with E-state index in [1.165, 1.54) is 6.20 Å². The molecule has 0 spiro atoms. The molecule has 12 nitrogen and oxygen atoms in total. The van der Waals surface area contributed by atoms with Crippen LogP contribution in [0.4, 0.5) is 21.8 Å². The summed E-state index contributed by atoms with van der Waals surface area (Å²) in [5.41, 5.74) is 3.99. The second-order valence-corrected chi connectivity index (χ2v) is 9.56. The van der Waals surface area contributed by atoms with Crippen molar-refractivity contribution in [3.8, 4) is 11.3 Å². The first-order valence-electron chi connectivity index (χ1n) is 12.9. The molecule has 4 N–H and O–H groups in total. The third kappa shape index (κ3) is 7.39. The van der Waals surface area contributed by atoms with Crippen molar-refractivity contribution in [2.45, 2.75) is 19.8 Å². The van der Waals surface area contributed by atoms with E-state index in [9.17, 15) is 14.0 Å². The van der Waals surface area contributed by atoms with Gasteiger partial charge in [-0.15, -0.1) is 0 Å². The fourth-order valence-electron chi connectivity index (χ4n) is 4.51. The van der Waals surface area contributed by atoms with Crippen molar-refractivity contribution in [3.05, 3.63) is 66.4 Å². The zero-order valence-electron chi connectivity index (χ0n) is 22.9. The van der Waals surface area contributed by atoms with Gasteiger partial charge in [0.05, 0.1) is 23.6 Å². The van der Waals surface area contributed by atoms with Crippen LogP contribution in [0.1, 0.15) is 25.5 Å². The fraction of sp³-hybridized carbons (Fsp3) is 0.286. The summed E-state index contributed by atoms with van der Waals surface area (Å²) >= 11 is 0. The maximum absolute atomic E-state index is 14.7. The molecule has 41 heavy (non-hydrogen) atoms. The van der Waals surface area contributed by atoms with E-state index < -0.39 is 17.8 Å². The van der Waals surface area contributed by atoms with Crippen LogP contribution in [-0.2, 0) is 16.6 Å². The number of hydrogen-bond donors (Lipinski definition) is 4. The smallest absolute Gasteiger partial charge is 0.328 e. The molecule has 0 atom stereocenters. The minimum Gasteiger partial charge on any atom is -0.478 e. The van der Waals surface area contributed by atoms with Crippen molar-refractivity contribution in [2.75, 3.05) is 36.4 Å². The van der Waals surface area contributed by atoms with Gasteiger partial charge in [-0.1, -0.05) is 19.9 Å². The zero-order chi connectivity index (χ0) is 29.5. The van der Waals surface area contributed by atoms with Gasteiger partial charge in [0.2, 0.25) is 5.95 Å². The Kier molecular flexibility index (Phi) is 9.19. The van der Waals surface area contributed by atoms with Crippen molar-refractivity contribution in [3.63, 3.8) is 0 Å². The van der Waals surface area contributed by atoms with Crippen LogP contribution in [-0.4, -0.2) is 73.1 Å². The van der Waals surface area contributed by atoms with E-state index in [1.54, 1.807) is 0 Å². The number of piperazine rings is 1. The molecule has 0 radical (unpaired) electrons. The number of nitrogens with one attached hydrogen (secondary N) is 2. The van der Waals surface area contributed by atoms with Gasteiger partial charge in [-0.3, -0.25) is 4.68 Å². The molecular weight excluding hydrogens is 531 g/mol. The molecule has 1 saturated heterocycles. The highest BCUT2D eigenvalue weighted by atomic mass is 19.1. The van der Waals surface area contributed by atoms with Crippen LogP contribution in [0, 0.1) is 5.82 Å². The largest absolute Gasteiger partial charge is 0.478 e. The number of anilines is 3. The number of pyridine rings is 1. The second kappa shape index (κ2) is 13.0. The molecule has 1 fully saturated rings. The van der Waals surface area contributed by atoms with Crippen LogP contribution in [0.2, 0.25) is 0 Å². The topological polar surface area (TPSA) is 158 Å². The highest BCUT2D eigenvalue weighted by molar-refractivity contribution is 5.89. The summed E-state index contributed by atoms with van der Waals surface area (Å²) in [7, 11) is 1.93. The molecule has 13 heteroatoms. The molecule has 0 bridgehead atoms. The number of carbonyl (C=O) groups is 2. The lowest BCUT2D eigenvalue weighted by Gasteiger charge is -2.29. The maximum Gasteiger partial charge on any atom is 0.328 e. The Morgan fingerprint density at radius 1 is 1.05 bits per heavy atom. The Morgan fingerprint density at radius 2 is 1.76 bits per heavy atom. The van der Waals surface area contributed by atoms with E-state index >= 15 is 0 Å². The van der Waals surface area contributed by atoms with Crippen LogP contribution in [0.5, 0.6) is 0 Å². The van der Waals surface area contributed by atoms with Gasteiger partial charge in [-0.05, 0) is 30.2 Å². The monoisotopic (exact) mass is 562 g/mol. The molecule has 4 aromatic rings. The van der Waals surface area contributed by atoms with Crippen LogP contribution in [0.3, 0.4) is 0 Å². The van der Waals surface area contributed by atoms with Crippen LogP contribution in [0.25, 0.3) is 22.2 Å². The van der Waals surface area contributed by atoms with Gasteiger partial charge >= 0.3 is 11.9 Å². The third-order valence-electron chi connectivity index (χ3n) is 6.28. The SMILES string of the molecule is CC(C)c1c2cc(-c3nc(Nc4ccc(N5CCNCC5)cn4)ncc3F)ccc2nn1C.O=C(O)/C=C/C(=O)O. The highest BCUT2D eigenvalue weighted by Crippen LogP contribution is 2.30. The predicted molar refractivity (Wildman–Crippen MR) is 153 cm³/mol. The quantitative estimate of drug-likeness (QED) is 0.244. The summed E-state index contributed by atoms with van der Waals surface area (Å²) in [5.74, 6) is -1.80. The number of aryl methyl sites for hydroxylation is 1. The molecular formula is C28H31FN8O4. The second-order valence-electron chi connectivity index (χ2n) is 9.56. The molecule has 0 aliphatic carbocycles. The molecule has 1 aliphatic rings. The van der Waals surface area contributed by atoms with Gasteiger partial charge in [0.25, 0.3) is 0 Å². The van der Waals surface area contributed by atoms with E-state index in [1.807, 2.05) is 48.3 Å².